The number of hydrogen-bond donors (Lipinski definition) is 0. The molecule has 24 heavy (non-hydrogen) atoms. The van der Waals surface area contributed by atoms with Crippen molar-refractivity contribution in [3.8, 4) is 0 Å². The number of carbonyl (C=O) groups excluding carboxylic acids is 1. The van der Waals surface area contributed by atoms with Crippen molar-refractivity contribution < 1.29 is 9.21 Å². The van der Waals surface area contributed by atoms with E-state index in [9.17, 15) is 4.79 Å². The smallest absolute Gasteiger partial charge is 0.222 e. The summed E-state index contributed by atoms with van der Waals surface area (Å²) in [5.41, 5.74) is 2.32. The molecule has 1 fully saturated rings. The monoisotopic (exact) mass is 327 g/mol. The predicted molar refractivity (Wildman–Crippen MR) is 92.3 cm³/mol. The second-order valence-electron chi connectivity index (χ2n) is 6.68. The molecule has 1 amide bonds. The average Bonchev–Trinajstić information content (AvgIpc) is 3.25. The van der Waals surface area contributed by atoms with Gasteiger partial charge in [0.1, 0.15) is 0 Å². The standard InChI is InChI=1S/C19H25N3O2/c1-21(12-17-3-2-8-20-11-17)13-18-6-9-22(14-18)19(23)5-4-16-7-10-24-15-16/h2-3,7-8,10-11,15,18H,4-6,9,12-14H2,1H3/t18-/m0/s1. The number of furan rings is 1. The number of pyridine rings is 1. The van der Waals surface area contributed by atoms with E-state index in [0.29, 0.717) is 12.3 Å². The van der Waals surface area contributed by atoms with Crippen LogP contribution in [0.25, 0.3) is 0 Å². The molecule has 0 spiro atoms. The first-order valence-corrected chi connectivity index (χ1v) is 8.57. The van der Waals surface area contributed by atoms with Crippen molar-refractivity contribution in [2.24, 2.45) is 5.92 Å². The molecular weight excluding hydrogens is 302 g/mol. The van der Waals surface area contributed by atoms with E-state index in [1.54, 1.807) is 18.7 Å². The minimum atomic E-state index is 0.258. The third kappa shape index (κ3) is 4.68. The number of aromatic nitrogens is 1. The minimum absolute atomic E-state index is 0.258. The Morgan fingerprint density at radius 1 is 1.42 bits per heavy atom. The van der Waals surface area contributed by atoms with Crippen LogP contribution in [0.2, 0.25) is 0 Å². The Kier molecular flexibility index (Phi) is 5.64. The second kappa shape index (κ2) is 8.11. The molecule has 3 heterocycles. The van der Waals surface area contributed by atoms with Crippen LogP contribution in [-0.2, 0) is 17.8 Å². The SMILES string of the molecule is CN(Cc1cccnc1)C[C@@H]1CCN(C(=O)CCc2ccoc2)C1. The molecule has 5 nitrogen and oxygen atoms in total. The van der Waals surface area contributed by atoms with Crippen molar-refractivity contribution in [2.45, 2.75) is 25.8 Å². The Labute approximate surface area is 143 Å². The molecule has 0 aromatic carbocycles. The van der Waals surface area contributed by atoms with E-state index < -0.39 is 0 Å². The number of likely N-dealkylation sites (tertiary alicyclic amines) is 1. The van der Waals surface area contributed by atoms with Crippen LogP contribution < -0.4 is 0 Å². The lowest BCUT2D eigenvalue weighted by molar-refractivity contribution is -0.130. The molecule has 0 unspecified atom stereocenters. The molecule has 1 aliphatic heterocycles. The maximum absolute atomic E-state index is 12.3. The zero-order valence-corrected chi connectivity index (χ0v) is 14.2. The Hall–Kier alpha value is -2.14. The fourth-order valence-electron chi connectivity index (χ4n) is 3.36. The highest BCUT2D eigenvalue weighted by Crippen LogP contribution is 2.19. The van der Waals surface area contributed by atoms with Crippen LogP contribution in [0.15, 0.2) is 47.5 Å². The topological polar surface area (TPSA) is 49.6 Å². The Morgan fingerprint density at radius 3 is 3.08 bits per heavy atom. The zero-order chi connectivity index (χ0) is 16.8. The van der Waals surface area contributed by atoms with E-state index in [2.05, 4.69) is 23.0 Å². The van der Waals surface area contributed by atoms with Gasteiger partial charge in [-0.3, -0.25) is 9.78 Å². The van der Waals surface area contributed by atoms with Crippen molar-refractivity contribution in [3.63, 3.8) is 0 Å². The van der Waals surface area contributed by atoms with E-state index in [1.165, 1.54) is 5.56 Å². The van der Waals surface area contributed by atoms with Gasteiger partial charge in [-0.1, -0.05) is 6.07 Å². The molecule has 1 atom stereocenters. The molecule has 0 bridgehead atoms. The molecule has 0 radical (unpaired) electrons. The molecular formula is C19H25N3O2. The van der Waals surface area contributed by atoms with E-state index >= 15 is 0 Å². The summed E-state index contributed by atoms with van der Waals surface area (Å²) < 4.78 is 5.05. The summed E-state index contributed by atoms with van der Waals surface area (Å²) in [6.45, 7) is 3.68. The molecule has 5 heteroatoms. The minimum Gasteiger partial charge on any atom is -0.472 e. The summed E-state index contributed by atoms with van der Waals surface area (Å²) >= 11 is 0. The highest BCUT2D eigenvalue weighted by Gasteiger charge is 2.26. The number of nitrogens with zero attached hydrogens (tertiary/aromatic N) is 3. The Balaban J connectivity index is 1.40. The third-order valence-electron chi connectivity index (χ3n) is 4.59. The third-order valence-corrected chi connectivity index (χ3v) is 4.59. The van der Waals surface area contributed by atoms with Gasteiger partial charge < -0.3 is 14.2 Å². The van der Waals surface area contributed by atoms with Crippen LogP contribution in [0.4, 0.5) is 0 Å². The van der Waals surface area contributed by atoms with Gasteiger partial charge in [0.15, 0.2) is 0 Å². The Bertz CT molecular complexity index is 627. The lowest BCUT2D eigenvalue weighted by Gasteiger charge is -2.21. The van der Waals surface area contributed by atoms with Crippen LogP contribution in [0.1, 0.15) is 24.0 Å². The average molecular weight is 327 g/mol. The molecule has 2 aromatic heterocycles. The lowest BCUT2D eigenvalue weighted by Crippen LogP contribution is -2.31. The first kappa shape index (κ1) is 16.7. The van der Waals surface area contributed by atoms with Gasteiger partial charge in [0.25, 0.3) is 0 Å². The lowest BCUT2D eigenvalue weighted by atomic mass is 10.1. The maximum atomic E-state index is 12.3. The van der Waals surface area contributed by atoms with Crippen LogP contribution in [-0.4, -0.2) is 47.4 Å². The highest BCUT2D eigenvalue weighted by molar-refractivity contribution is 5.76. The van der Waals surface area contributed by atoms with E-state index in [1.807, 2.05) is 23.2 Å². The maximum Gasteiger partial charge on any atom is 0.222 e. The zero-order valence-electron chi connectivity index (χ0n) is 14.2. The molecule has 1 aliphatic rings. The fourth-order valence-corrected chi connectivity index (χ4v) is 3.36. The van der Waals surface area contributed by atoms with Crippen molar-refractivity contribution in [1.29, 1.82) is 0 Å². The number of hydrogen-bond acceptors (Lipinski definition) is 4. The summed E-state index contributed by atoms with van der Waals surface area (Å²) in [5.74, 6) is 0.818. The molecule has 0 saturated carbocycles. The molecule has 0 aliphatic carbocycles. The van der Waals surface area contributed by atoms with E-state index in [4.69, 9.17) is 4.42 Å². The number of aryl methyl sites for hydroxylation is 1. The Morgan fingerprint density at radius 2 is 2.33 bits per heavy atom. The fraction of sp³-hybridized carbons (Fsp3) is 0.474. The van der Waals surface area contributed by atoms with Gasteiger partial charge in [-0.25, -0.2) is 0 Å². The van der Waals surface area contributed by atoms with Gasteiger partial charge in [-0.2, -0.15) is 0 Å². The van der Waals surface area contributed by atoms with Crippen molar-refractivity contribution in [3.05, 3.63) is 54.2 Å². The van der Waals surface area contributed by atoms with Gasteiger partial charge in [-0.05, 0) is 49.1 Å². The summed E-state index contributed by atoms with van der Waals surface area (Å²) in [6, 6.07) is 6.00. The van der Waals surface area contributed by atoms with Crippen molar-refractivity contribution >= 4 is 5.91 Å². The molecule has 128 valence electrons. The first-order valence-electron chi connectivity index (χ1n) is 8.57. The van der Waals surface area contributed by atoms with E-state index in [0.717, 1.165) is 44.6 Å². The summed E-state index contributed by atoms with van der Waals surface area (Å²) in [5, 5.41) is 0. The van der Waals surface area contributed by atoms with Crippen LogP contribution in [0.3, 0.4) is 0 Å². The van der Waals surface area contributed by atoms with Crippen LogP contribution in [0, 0.1) is 5.92 Å². The van der Waals surface area contributed by atoms with Gasteiger partial charge in [0.05, 0.1) is 12.5 Å². The number of carbonyl (C=O) groups is 1. The molecule has 2 aromatic rings. The largest absolute Gasteiger partial charge is 0.472 e. The quantitative estimate of drug-likeness (QED) is 0.784. The van der Waals surface area contributed by atoms with Crippen LogP contribution in [0.5, 0.6) is 0 Å². The summed E-state index contributed by atoms with van der Waals surface area (Å²) in [4.78, 5) is 20.8. The molecule has 1 saturated heterocycles. The van der Waals surface area contributed by atoms with Crippen LogP contribution >= 0.6 is 0 Å². The van der Waals surface area contributed by atoms with Gasteiger partial charge in [-0.15, -0.1) is 0 Å². The van der Waals surface area contributed by atoms with Gasteiger partial charge in [0.2, 0.25) is 5.91 Å². The van der Waals surface area contributed by atoms with Crippen molar-refractivity contribution in [1.82, 2.24) is 14.8 Å². The highest BCUT2D eigenvalue weighted by atomic mass is 16.3. The first-order chi connectivity index (χ1) is 11.7. The predicted octanol–water partition coefficient (Wildman–Crippen LogP) is 2.59. The normalized spacial score (nSPS) is 17.6. The summed E-state index contributed by atoms with van der Waals surface area (Å²) in [7, 11) is 2.14. The van der Waals surface area contributed by atoms with Gasteiger partial charge in [0, 0.05) is 45.0 Å². The number of amides is 1. The summed E-state index contributed by atoms with van der Waals surface area (Å²) in [6.07, 6.45) is 9.51. The van der Waals surface area contributed by atoms with E-state index in [-0.39, 0.29) is 5.91 Å². The molecule has 3 rings (SSSR count). The number of rotatable bonds is 7. The van der Waals surface area contributed by atoms with Crippen molar-refractivity contribution in [2.75, 3.05) is 26.7 Å². The van der Waals surface area contributed by atoms with Gasteiger partial charge >= 0.3 is 0 Å². The second-order valence-corrected chi connectivity index (χ2v) is 6.68. The molecule has 0 N–H and O–H groups in total.